The number of amides is 1. The fourth-order valence-corrected chi connectivity index (χ4v) is 2.97. The Morgan fingerprint density at radius 1 is 1.45 bits per heavy atom. The molecule has 1 heterocycles. The lowest BCUT2D eigenvalue weighted by Gasteiger charge is -2.25. The molecule has 0 spiro atoms. The SMILES string of the molecule is O=C(NC(CCO)c1ccccc1Br)C1CCCCO1. The Morgan fingerprint density at radius 2 is 2.25 bits per heavy atom. The van der Waals surface area contributed by atoms with Crippen molar-refractivity contribution in [3.05, 3.63) is 34.3 Å². The quantitative estimate of drug-likeness (QED) is 0.865. The van der Waals surface area contributed by atoms with Crippen molar-refractivity contribution >= 4 is 21.8 Å². The van der Waals surface area contributed by atoms with Gasteiger partial charge in [-0.2, -0.15) is 0 Å². The molecule has 1 aliphatic heterocycles. The minimum Gasteiger partial charge on any atom is -0.396 e. The average molecular weight is 342 g/mol. The van der Waals surface area contributed by atoms with E-state index in [1.54, 1.807) is 0 Å². The highest BCUT2D eigenvalue weighted by molar-refractivity contribution is 9.10. The maximum atomic E-state index is 12.2. The van der Waals surface area contributed by atoms with Gasteiger partial charge in [0.1, 0.15) is 6.10 Å². The van der Waals surface area contributed by atoms with E-state index in [0.717, 1.165) is 29.3 Å². The second-order valence-corrected chi connectivity index (χ2v) is 5.80. The van der Waals surface area contributed by atoms with Gasteiger partial charge in [0.15, 0.2) is 0 Å². The summed E-state index contributed by atoms with van der Waals surface area (Å²) >= 11 is 3.49. The number of hydrogen-bond acceptors (Lipinski definition) is 3. The lowest BCUT2D eigenvalue weighted by Crippen LogP contribution is -2.40. The second-order valence-electron chi connectivity index (χ2n) is 4.95. The predicted molar refractivity (Wildman–Crippen MR) is 80.3 cm³/mol. The van der Waals surface area contributed by atoms with E-state index in [2.05, 4.69) is 21.2 Å². The molecule has 110 valence electrons. The third-order valence-corrected chi connectivity index (χ3v) is 4.21. The van der Waals surface area contributed by atoms with Crippen LogP contribution in [-0.4, -0.2) is 30.3 Å². The first-order valence-corrected chi connectivity index (χ1v) is 7.79. The molecule has 2 N–H and O–H groups in total. The molecular weight excluding hydrogens is 322 g/mol. The van der Waals surface area contributed by atoms with Crippen molar-refractivity contribution in [3.8, 4) is 0 Å². The Morgan fingerprint density at radius 3 is 2.90 bits per heavy atom. The predicted octanol–water partition coefficient (Wildman–Crippen LogP) is 2.56. The number of nitrogens with one attached hydrogen (secondary N) is 1. The highest BCUT2D eigenvalue weighted by Crippen LogP contribution is 2.26. The summed E-state index contributed by atoms with van der Waals surface area (Å²) in [4.78, 5) is 12.2. The maximum absolute atomic E-state index is 12.2. The van der Waals surface area contributed by atoms with Crippen molar-refractivity contribution < 1.29 is 14.6 Å². The Bertz CT molecular complexity index is 446. The molecule has 1 aliphatic rings. The van der Waals surface area contributed by atoms with Crippen LogP contribution in [0.1, 0.15) is 37.3 Å². The highest BCUT2D eigenvalue weighted by Gasteiger charge is 2.25. The molecule has 0 bridgehead atoms. The van der Waals surface area contributed by atoms with Crippen molar-refractivity contribution in [3.63, 3.8) is 0 Å². The molecule has 0 saturated carbocycles. The van der Waals surface area contributed by atoms with Crippen LogP contribution in [0.3, 0.4) is 0 Å². The van der Waals surface area contributed by atoms with E-state index >= 15 is 0 Å². The molecule has 1 aromatic carbocycles. The summed E-state index contributed by atoms with van der Waals surface area (Å²) in [7, 11) is 0. The van der Waals surface area contributed by atoms with Crippen LogP contribution in [0.15, 0.2) is 28.7 Å². The van der Waals surface area contributed by atoms with E-state index in [9.17, 15) is 9.90 Å². The largest absolute Gasteiger partial charge is 0.396 e. The Labute approximate surface area is 127 Å². The third kappa shape index (κ3) is 4.04. The molecule has 1 saturated heterocycles. The van der Waals surface area contributed by atoms with Crippen LogP contribution >= 0.6 is 15.9 Å². The van der Waals surface area contributed by atoms with Crippen LogP contribution in [-0.2, 0) is 9.53 Å². The van der Waals surface area contributed by atoms with Gasteiger partial charge in [-0.1, -0.05) is 34.1 Å². The van der Waals surface area contributed by atoms with Gasteiger partial charge in [-0.15, -0.1) is 0 Å². The van der Waals surface area contributed by atoms with Crippen LogP contribution < -0.4 is 5.32 Å². The van der Waals surface area contributed by atoms with E-state index in [1.807, 2.05) is 24.3 Å². The molecule has 1 fully saturated rings. The zero-order chi connectivity index (χ0) is 14.4. The van der Waals surface area contributed by atoms with Gasteiger partial charge in [-0.25, -0.2) is 0 Å². The van der Waals surface area contributed by atoms with Gasteiger partial charge < -0.3 is 15.2 Å². The van der Waals surface area contributed by atoms with E-state index < -0.39 is 0 Å². The zero-order valence-electron chi connectivity index (χ0n) is 11.3. The summed E-state index contributed by atoms with van der Waals surface area (Å²) in [6.45, 7) is 0.676. The zero-order valence-corrected chi connectivity index (χ0v) is 12.9. The van der Waals surface area contributed by atoms with Crippen molar-refractivity contribution in [1.29, 1.82) is 0 Å². The minimum atomic E-state index is -0.354. The smallest absolute Gasteiger partial charge is 0.249 e. The summed E-state index contributed by atoms with van der Waals surface area (Å²) in [5.74, 6) is -0.0843. The second kappa shape index (κ2) is 7.76. The summed E-state index contributed by atoms with van der Waals surface area (Å²) in [5.41, 5.74) is 0.978. The minimum absolute atomic E-state index is 0.0256. The normalized spacial score (nSPS) is 20.4. The lowest BCUT2D eigenvalue weighted by atomic mass is 10.0. The molecule has 2 unspecified atom stereocenters. The maximum Gasteiger partial charge on any atom is 0.249 e. The van der Waals surface area contributed by atoms with Crippen LogP contribution in [0, 0.1) is 0 Å². The molecular formula is C15H20BrNO3. The van der Waals surface area contributed by atoms with Crippen molar-refractivity contribution in [2.45, 2.75) is 37.8 Å². The fraction of sp³-hybridized carbons (Fsp3) is 0.533. The van der Waals surface area contributed by atoms with Crippen molar-refractivity contribution in [2.75, 3.05) is 13.2 Å². The highest BCUT2D eigenvalue weighted by atomic mass is 79.9. The van der Waals surface area contributed by atoms with Gasteiger partial charge in [-0.3, -0.25) is 4.79 Å². The Kier molecular flexibility index (Phi) is 6.01. The van der Waals surface area contributed by atoms with Crippen LogP contribution in [0.4, 0.5) is 0 Å². The first-order chi connectivity index (χ1) is 9.72. The summed E-state index contributed by atoms with van der Waals surface area (Å²) in [6.07, 6.45) is 2.95. The molecule has 4 nitrogen and oxygen atoms in total. The van der Waals surface area contributed by atoms with Gasteiger partial charge in [0.05, 0.1) is 6.04 Å². The lowest BCUT2D eigenvalue weighted by molar-refractivity contribution is -0.136. The van der Waals surface area contributed by atoms with E-state index in [-0.39, 0.29) is 24.7 Å². The molecule has 5 heteroatoms. The van der Waals surface area contributed by atoms with Crippen LogP contribution in [0.5, 0.6) is 0 Å². The fourth-order valence-electron chi connectivity index (χ4n) is 2.40. The monoisotopic (exact) mass is 341 g/mol. The van der Waals surface area contributed by atoms with Gasteiger partial charge in [-0.05, 0) is 37.3 Å². The number of benzene rings is 1. The number of carbonyl (C=O) groups excluding carboxylic acids is 1. The standard InChI is InChI=1S/C15H20BrNO3/c16-12-6-2-1-5-11(12)13(8-9-18)17-15(19)14-7-3-4-10-20-14/h1-2,5-6,13-14,18H,3-4,7-10H2,(H,17,19). The average Bonchev–Trinajstić information content (AvgIpc) is 2.48. The molecule has 1 amide bonds. The number of halogens is 1. The molecule has 0 aromatic heterocycles. The topological polar surface area (TPSA) is 58.6 Å². The molecule has 20 heavy (non-hydrogen) atoms. The van der Waals surface area contributed by atoms with Crippen molar-refractivity contribution in [1.82, 2.24) is 5.32 Å². The van der Waals surface area contributed by atoms with E-state index in [1.165, 1.54) is 0 Å². The Hall–Kier alpha value is -0.910. The molecule has 0 aliphatic carbocycles. The third-order valence-electron chi connectivity index (χ3n) is 3.49. The van der Waals surface area contributed by atoms with Gasteiger partial charge in [0.25, 0.3) is 0 Å². The van der Waals surface area contributed by atoms with E-state index in [4.69, 9.17) is 4.74 Å². The number of aliphatic hydroxyl groups excluding tert-OH is 1. The van der Waals surface area contributed by atoms with E-state index in [0.29, 0.717) is 13.0 Å². The first-order valence-electron chi connectivity index (χ1n) is 6.99. The van der Waals surface area contributed by atoms with Gasteiger partial charge in [0, 0.05) is 17.7 Å². The molecule has 1 aromatic rings. The number of ether oxygens (including phenoxy) is 1. The summed E-state index contributed by atoms with van der Waals surface area (Å²) < 4.78 is 6.43. The number of hydrogen-bond donors (Lipinski definition) is 2. The summed E-state index contributed by atoms with van der Waals surface area (Å²) in [5, 5.41) is 12.2. The van der Waals surface area contributed by atoms with Crippen LogP contribution in [0.25, 0.3) is 0 Å². The molecule has 2 atom stereocenters. The van der Waals surface area contributed by atoms with Crippen LogP contribution in [0.2, 0.25) is 0 Å². The Balaban J connectivity index is 2.05. The first kappa shape index (κ1) is 15.5. The number of rotatable bonds is 5. The molecule has 2 rings (SSSR count). The number of carbonyl (C=O) groups is 1. The molecule has 0 radical (unpaired) electrons. The van der Waals surface area contributed by atoms with Gasteiger partial charge >= 0.3 is 0 Å². The number of aliphatic hydroxyl groups is 1. The van der Waals surface area contributed by atoms with Crippen molar-refractivity contribution in [2.24, 2.45) is 0 Å². The summed E-state index contributed by atoms with van der Waals surface area (Å²) in [6, 6.07) is 7.53. The van der Waals surface area contributed by atoms with Gasteiger partial charge in [0.2, 0.25) is 5.91 Å².